The standard InChI is InChI=1S/C17H27BrFN/c1-5-6-7-10-17(3,4)12-20-13(2)14-8-9-16(19)15(18)11-14/h8-9,11,13,20H,5-7,10,12H2,1-4H3. The Morgan fingerprint density at radius 2 is 2.00 bits per heavy atom. The van der Waals surface area contributed by atoms with Crippen molar-refractivity contribution in [2.45, 2.75) is 59.4 Å². The van der Waals surface area contributed by atoms with Gasteiger partial charge in [0.05, 0.1) is 4.47 Å². The summed E-state index contributed by atoms with van der Waals surface area (Å²) < 4.78 is 13.8. The third kappa shape index (κ3) is 5.92. The van der Waals surface area contributed by atoms with Crippen molar-refractivity contribution in [2.24, 2.45) is 5.41 Å². The average molecular weight is 344 g/mol. The van der Waals surface area contributed by atoms with E-state index in [4.69, 9.17) is 0 Å². The van der Waals surface area contributed by atoms with Gasteiger partial charge in [-0.05, 0) is 52.4 Å². The molecule has 1 aromatic rings. The summed E-state index contributed by atoms with van der Waals surface area (Å²) in [6.07, 6.45) is 5.11. The van der Waals surface area contributed by atoms with Gasteiger partial charge >= 0.3 is 0 Å². The van der Waals surface area contributed by atoms with Crippen LogP contribution < -0.4 is 5.32 Å². The molecule has 1 unspecified atom stereocenters. The molecule has 0 spiro atoms. The molecule has 114 valence electrons. The predicted octanol–water partition coefficient (Wildman–Crippen LogP) is 5.85. The highest BCUT2D eigenvalue weighted by Gasteiger charge is 2.18. The Hall–Kier alpha value is -0.410. The van der Waals surface area contributed by atoms with Gasteiger partial charge in [-0.15, -0.1) is 0 Å². The van der Waals surface area contributed by atoms with Crippen LogP contribution in [0.25, 0.3) is 0 Å². The van der Waals surface area contributed by atoms with Gasteiger partial charge in [0, 0.05) is 12.6 Å². The van der Waals surface area contributed by atoms with E-state index in [9.17, 15) is 4.39 Å². The predicted molar refractivity (Wildman–Crippen MR) is 88.4 cm³/mol. The normalized spacial score (nSPS) is 13.5. The number of hydrogen-bond donors (Lipinski definition) is 1. The molecule has 0 radical (unpaired) electrons. The topological polar surface area (TPSA) is 12.0 Å². The van der Waals surface area contributed by atoms with Crippen molar-refractivity contribution in [3.05, 3.63) is 34.1 Å². The zero-order chi connectivity index (χ0) is 15.2. The van der Waals surface area contributed by atoms with Crippen LogP contribution in [0.15, 0.2) is 22.7 Å². The van der Waals surface area contributed by atoms with Crippen LogP contribution >= 0.6 is 15.9 Å². The number of rotatable bonds is 8. The van der Waals surface area contributed by atoms with Crippen LogP contribution in [0.4, 0.5) is 4.39 Å². The molecule has 0 bridgehead atoms. The lowest BCUT2D eigenvalue weighted by Gasteiger charge is -2.27. The summed E-state index contributed by atoms with van der Waals surface area (Å²) in [5, 5.41) is 3.57. The minimum atomic E-state index is -0.208. The minimum absolute atomic E-state index is 0.208. The van der Waals surface area contributed by atoms with Gasteiger partial charge in [0.1, 0.15) is 5.82 Å². The molecular weight excluding hydrogens is 317 g/mol. The molecule has 1 atom stereocenters. The van der Waals surface area contributed by atoms with Gasteiger partial charge in [-0.2, -0.15) is 0 Å². The van der Waals surface area contributed by atoms with E-state index in [2.05, 4.69) is 48.9 Å². The second-order valence-electron chi connectivity index (χ2n) is 6.40. The first-order valence-electron chi connectivity index (χ1n) is 7.54. The first-order valence-corrected chi connectivity index (χ1v) is 8.33. The molecule has 20 heavy (non-hydrogen) atoms. The van der Waals surface area contributed by atoms with Crippen molar-refractivity contribution >= 4 is 15.9 Å². The summed E-state index contributed by atoms with van der Waals surface area (Å²) in [7, 11) is 0. The van der Waals surface area contributed by atoms with E-state index in [1.165, 1.54) is 31.7 Å². The Kier molecular flexibility index (Phi) is 7.18. The Labute approximate surface area is 131 Å². The fourth-order valence-electron chi connectivity index (χ4n) is 2.27. The van der Waals surface area contributed by atoms with E-state index >= 15 is 0 Å². The molecule has 0 aliphatic carbocycles. The zero-order valence-corrected chi connectivity index (χ0v) is 14.7. The highest BCUT2D eigenvalue weighted by atomic mass is 79.9. The fraction of sp³-hybridized carbons (Fsp3) is 0.647. The fourth-order valence-corrected chi connectivity index (χ4v) is 2.67. The SMILES string of the molecule is CCCCCC(C)(C)CNC(C)c1ccc(F)c(Br)c1. The number of unbranched alkanes of at least 4 members (excludes halogenated alkanes) is 2. The lowest BCUT2D eigenvalue weighted by Crippen LogP contribution is -2.31. The van der Waals surface area contributed by atoms with Crippen molar-refractivity contribution in [1.82, 2.24) is 5.32 Å². The van der Waals surface area contributed by atoms with Gasteiger partial charge in [-0.1, -0.05) is 46.1 Å². The Morgan fingerprint density at radius 1 is 1.30 bits per heavy atom. The molecule has 0 saturated heterocycles. The number of benzene rings is 1. The average Bonchev–Trinajstić information content (AvgIpc) is 2.39. The molecule has 0 aromatic heterocycles. The quantitative estimate of drug-likeness (QED) is 0.584. The third-order valence-corrected chi connectivity index (χ3v) is 4.40. The summed E-state index contributed by atoms with van der Waals surface area (Å²) in [4.78, 5) is 0. The monoisotopic (exact) mass is 343 g/mol. The summed E-state index contributed by atoms with van der Waals surface area (Å²) in [6.45, 7) is 9.96. The van der Waals surface area contributed by atoms with Gasteiger partial charge in [-0.3, -0.25) is 0 Å². The van der Waals surface area contributed by atoms with Crippen molar-refractivity contribution in [3.63, 3.8) is 0 Å². The molecular formula is C17H27BrFN. The Morgan fingerprint density at radius 3 is 2.60 bits per heavy atom. The molecule has 1 rings (SSSR count). The molecule has 1 aromatic carbocycles. The number of hydrogen-bond acceptors (Lipinski definition) is 1. The molecule has 1 nitrogen and oxygen atoms in total. The summed E-state index contributed by atoms with van der Waals surface area (Å²) in [5.41, 5.74) is 1.42. The van der Waals surface area contributed by atoms with Crippen LogP contribution in [0.3, 0.4) is 0 Å². The molecule has 0 saturated carbocycles. The first-order chi connectivity index (χ1) is 9.35. The molecule has 0 fully saturated rings. The van der Waals surface area contributed by atoms with Crippen molar-refractivity contribution in [1.29, 1.82) is 0 Å². The second-order valence-corrected chi connectivity index (χ2v) is 7.25. The van der Waals surface area contributed by atoms with Gasteiger partial charge in [-0.25, -0.2) is 4.39 Å². The molecule has 1 N–H and O–H groups in total. The first kappa shape index (κ1) is 17.6. The third-order valence-electron chi connectivity index (χ3n) is 3.79. The van der Waals surface area contributed by atoms with E-state index in [1.807, 2.05) is 12.1 Å². The Bertz CT molecular complexity index is 417. The minimum Gasteiger partial charge on any atom is -0.310 e. The van der Waals surface area contributed by atoms with Crippen molar-refractivity contribution < 1.29 is 4.39 Å². The van der Waals surface area contributed by atoms with Gasteiger partial charge in [0.25, 0.3) is 0 Å². The van der Waals surface area contributed by atoms with E-state index < -0.39 is 0 Å². The van der Waals surface area contributed by atoms with Crippen molar-refractivity contribution in [2.75, 3.05) is 6.54 Å². The van der Waals surface area contributed by atoms with E-state index in [1.54, 1.807) is 0 Å². The molecule has 0 amide bonds. The van der Waals surface area contributed by atoms with Crippen LogP contribution in [0, 0.1) is 11.2 Å². The maximum atomic E-state index is 13.2. The van der Waals surface area contributed by atoms with E-state index in [-0.39, 0.29) is 11.9 Å². The smallest absolute Gasteiger partial charge is 0.137 e. The zero-order valence-electron chi connectivity index (χ0n) is 13.1. The maximum Gasteiger partial charge on any atom is 0.137 e. The lowest BCUT2D eigenvalue weighted by molar-refractivity contribution is 0.291. The summed E-state index contributed by atoms with van der Waals surface area (Å²) >= 11 is 3.24. The molecule has 0 aliphatic rings. The number of nitrogens with one attached hydrogen (secondary N) is 1. The number of halogens is 2. The van der Waals surface area contributed by atoms with Gasteiger partial charge in [0.15, 0.2) is 0 Å². The van der Waals surface area contributed by atoms with Crippen LogP contribution in [-0.2, 0) is 0 Å². The van der Waals surface area contributed by atoms with Gasteiger partial charge < -0.3 is 5.32 Å². The highest BCUT2D eigenvalue weighted by Crippen LogP contribution is 2.25. The second kappa shape index (κ2) is 8.14. The van der Waals surface area contributed by atoms with Gasteiger partial charge in [0.2, 0.25) is 0 Å². The molecule has 3 heteroatoms. The molecule has 0 aliphatic heterocycles. The summed E-state index contributed by atoms with van der Waals surface area (Å²) in [6, 6.07) is 5.46. The highest BCUT2D eigenvalue weighted by molar-refractivity contribution is 9.10. The maximum absolute atomic E-state index is 13.2. The van der Waals surface area contributed by atoms with Crippen LogP contribution in [-0.4, -0.2) is 6.54 Å². The van der Waals surface area contributed by atoms with Crippen LogP contribution in [0.1, 0.15) is 65.0 Å². The van der Waals surface area contributed by atoms with E-state index in [0.717, 1.165) is 12.1 Å². The lowest BCUT2D eigenvalue weighted by atomic mass is 9.86. The van der Waals surface area contributed by atoms with Crippen LogP contribution in [0.5, 0.6) is 0 Å². The van der Waals surface area contributed by atoms with Crippen molar-refractivity contribution in [3.8, 4) is 0 Å². The summed E-state index contributed by atoms with van der Waals surface area (Å²) in [5.74, 6) is -0.208. The van der Waals surface area contributed by atoms with E-state index in [0.29, 0.717) is 9.89 Å². The molecule has 0 heterocycles. The van der Waals surface area contributed by atoms with Crippen LogP contribution in [0.2, 0.25) is 0 Å². The largest absolute Gasteiger partial charge is 0.310 e. The Balaban J connectivity index is 2.49.